The second kappa shape index (κ2) is 6.75. The van der Waals surface area contributed by atoms with E-state index in [1.165, 1.54) is 0 Å². The van der Waals surface area contributed by atoms with Crippen molar-refractivity contribution < 1.29 is 9.53 Å². The smallest absolute Gasteiger partial charge is 0.251 e. The number of carbonyl (C=O) groups excluding carboxylic acids is 1. The SMILES string of the molecule is COc1cccc(/C=C(\C)C(=O)Nc2ccccc2C)c1. The average molecular weight is 281 g/mol. The molecular weight excluding hydrogens is 262 g/mol. The molecule has 0 aliphatic carbocycles. The van der Waals surface area contributed by atoms with Crippen LogP contribution in [0.4, 0.5) is 5.69 Å². The third kappa shape index (κ3) is 3.96. The summed E-state index contributed by atoms with van der Waals surface area (Å²) in [6.45, 7) is 3.77. The minimum absolute atomic E-state index is 0.105. The molecular formula is C18H19NO2. The fraction of sp³-hybridized carbons (Fsp3) is 0.167. The van der Waals surface area contributed by atoms with Gasteiger partial charge in [0.05, 0.1) is 7.11 Å². The van der Waals surface area contributed by atoms with Crippen LogP contribution in [0.15, 0.2) is 54.1 Å². The molecule has 0 atom stereocenters. The summed E-state index contributed by atoms with van der Waals surface area (Å²) in [5.74, 6) is 0.669. The molecule has 0 saturated heterocycles. The van der Waals surface area contributed by atoms with E-state index in [4.69, 9.17) is 4.74 Å². The van der Waals surface area contributed by atoms with Gasteiger partial charge in [0.2, 0.25) is 0 Å². The molecule has 0 bridgehead atoms. The number of anilines is 1. The van der Waals surface area contributed by atoms with Crippen molar-refractivity contribution in [1.29, 1.82) is 0 Å². The lowest BCUT2D eigenvalue weighted by atomic mass is 10.1. The van der Waals surface area contributed by atoms with Crippen molar-refractivity contribution in [3.05, 3.63) is 65.2 Å². The maximum Gasteiger partial charge on any atom is 0.251 e. The predicted octanol–water partition coefficient (Wildman–Crippen LogP) is 4.05. The minimum atomic E-state index is -0.105. The van der Waals surface area contributed by atoms with Crippen LogP contribution in [0.1, 0.15) is 18.1 Å². The van der Waals surface area contributed by atoms with E-state index in [0.717, 1.165) is 22.6 Å². The number of hydrogen-bond donors (Lipinski definition) is 1. The predicted molar refractivity (Wildman–Crippen MR) is 86.5 cm³/mol. The highest BCUT2D eigenvalue weighted by Crippen LogP contribution is 2.17. The molecule has 21 heavy (non-hydrogen) atoms. The average Bonchev–Trinajstić information content (AvgIpc) is 2.49. The van der Waals surface area contributed by atoms with E-state index in [1.54, 1.807) is 14.0 Å². The Kier molecular flexibility index (Phi) is 4.77. The molecule has 0 aliphatic rings. The number of methoxy groups -OCH3 is 1. The monoisotopic (exact) mass is 281 g/mol. The summed E-state index contributed by atoms with van der Waals surface area (Å²) in [5, 5.41) is 2.92. The van der Waals surface area contributed by atoms with Crippen molar-refractivity contribution in [2.75, 3.05) is 12.4 Å². The van der Waals surface area contributed by atoms with Gasteiger partial charge in [-0.05, 0) is 49.2 Å². The van der Waals surface area contributed by atoms with Crippen LogP contribution in [-0.4, -0.2) is 13.0 Å². The van der Waals surface area contributed by atoms with Crippen molar-refractivity contribution >= 4 is 17.7 Å². The highest BCUT2D eigenvalue weighted by molar-refractivity contribution is 6.06. The number of ether oxygens (including phenoxy) is 1. The van der Waals surface area contributed by atoms with Crippen LogP contribution in [0.3, 0.4) is 0 Å². The van der Waals surface area contributed by atoms with Crippen LogP contribution in [0.25, 0.3) is 6.08 Å². The molecule has 0 radical (unpaired) electrons. The van der Waals surface area contributed by atoms with Crippen LogP contribution in [0.2, 0.25) is 0 Å². The Balaban J connectivity index is 2.15. The van der Waals surface area contributed by atoms with Crippen LogP contribution in [0.5, 0.6) is 5.75 Å². The van der Waals surface area contributed by atoms with Gasteiger partial charge in [0, 0.05) is 11.3 Å². The van der Waals surface area contributed by atoms with Crippen molar-refractivity contribution in [3.8, 4) is 5.75 Å². The summed E-state index contributed by atoms with van der Waals surface area (Å²) >= 11 is 0. The second-order valence-corrected chi connectivity index (χ2v) is 4.87. The van der Waals surface area contributed by atoms with Crippen LogP contribution in [-0.2, 0) is 4.79 Å². The Morgan fingerprint density at radius 1 is 1.14 bits per heavy atom. The van der Waals surface area contributed by atoms with Gasteiger partial charge in [-0.2, -0.15) is 0 Å². The van der Waals surface area contributed by atoms with Gasteiger partial charge in [-0.3, -0.25) is 4.79 Å². The molecule has 0 heterocycles. The fourth-order valence-electron chi connectivity index (χ4n) is 1.98. The third-order valence-corrected chi connectivity index (χ3v) is 3.23. The van der Waals surface area contributed by atoms with Gasteiger partial charge in [0.25, 0.3) is 5.91 Å². The number of para-hydroxylation sites is 1. The molecule has 1 amide bonds. The van der Waals surface area contributed by atoms with Crippen LogP contribution >= 0.6 is 0 Å². The summed E-state index contributed by atoms with van der Waals surface area (Å²) in [5.41, 5.74) is 3.46. The molecule has 2 rings (SSSR count). The molecule has 3 nitrogen and oxygen atoms in total. The van der Waals surface area contributed by atoms with Crippen molar-refractivity contribution in [2.24, 2.45) is 0 Å². The minimum Gasteiger partial charge on any atom is -0.497 e. The maximum absolute atomic E-state index is 12.2. The lowest BCUT2D eigenvalue weighted by Crippen LogP contribution is -2.13. The molecule has 0 spiro atoms. The second-order valence-electron chi connectivity index (χ2n) is 4.87. The highest BCUT2D eigenvalue weighted by Gasteiger charge is 2.06. The fourth-order valence-corrected chi connectivity index (χ4v) is 1.98. The summed E-state index contributed by atoms with van der Waals surface area (Å²) in [6.07, 6.45) is 1.84. The number of benzene rings is 2. The van der Waals surface area contributed by atoms with E-state index in [9.17, 15) is 4.79 Å². The van der Waals surface area contributed by atoms with Crippen molar-refractivity contribution in [2.45, 2.75) is 13.8 Å². The van der Waals surface area contributed by atoms with Gasteiger partial charge >= 0.3 is 0 Å². The Morgan fingerprint density at radius 2 is 1.90 bits per heavy atom. The molecule has 0 saturated carbocycles. The van der Waals surface area contributed by atoms with Crippen LogP contribution < -0.4 is 10.1 Å². The van der Waals surface area contributed by atoms with Gasteiger partial charge in [-0.1, -0.05) is 30.3 Å². The summed E-state index contributed by atoms with van der Waals surface area (Å²) in [6, 6.07) is 15.3. The standard InChI is InChI=1S/C18H19NO2/c1-13-7-4-5-10-17(13)19-18(20)14(2)11-15-8-6-9-16(12-15)21-3/h4-12H,1-3H3,(H,19,20)/b14-11+. The van der Waals surface area contributed by atoms with Crippen molar-refractivity contribution in [1.82, 2.24) is 0 Å². The first kappa shape index (κ1) is 14.9. The van der Waals surface area contributed by atoms with E-state index in [0.29, 0.717) is 5.57 Å². The number of carbonyl (C=O) groups is 1. The first-order chi connectivity index (χ1) is 10.1. The van der Waals surface area contributed by atoms with Crippen LogP contribution in [0, 0.1) is 6.92 Å². The summed E-state index contributed by atoms with van der Waals surface area (Å²) in [4.78, 5) is 12.2. The van der Waals surface area contributed by atoms with E-state index in [1.807, 2.05) is 61.5 Å². The molecule has 0 aromatic heterocycles. The van der Waals surface area contributed by atoms with Crippen molar-refractivity contribution in [3.63, 3.8) is 0 Å². The van der Waals surface area contributed by atoms with E-state index >= 15 is 0 Å². The molecule has 2 aromatic rings. The lowest BCUT2D eigenvalue weighted by Gasteiger charge is -2.08. The highest BCUT2D eigenvalue weighted by atomic mass is 16.5. The largest absolute Gasteiger partial charge is 0.497 e. The Morgan fingerprint density at radius 3 is 2.62 bits per heavy atom. The quantitative estimate of drug-likeness (QED) is 0.859. The molecule has 2 aromatic carbocycles. The zero-order valence-corrected chi connectivity index (χ0v) is 12.5. The third-order valence-electron chi connectivity index (χ3n) is 3.23. The van der Waals surface area contributed by atoms with Gasteiger partial charge in [-0.15, -0.1) is 0 Å². The Labute approximate surface area is 125 Å². The maximum atomic E-state index is 12.2. The Bertz CT molecular complexity index is 674. The van der Waals surface area contributed by atoms with E-state index in [-0.39, 0.29) is 5.91 Å². The number of hydrogen-bond acceptors (Lipinski definition) is 2. The zero-order valence-electron chi connectivity index (χ0n) is 12.5. The first-order valence-electron chi connectivity index (χ1n) is 6.79. The number of amides is 1. The normalized spacial score (nSPS) is 11.1. The summed E-state index contributed by atoms with van der Waals surface area (Å²) < 4.78 is 5.18. The van der Waals surface area contributed by atoms with Gasteiger partial charge < -0.3 is 10.1 Å². The zero-order chi connectivity index (χ0) is 15.2. The summed E-state index contributed by atoms with van der Waals surface area (Å²) in [7, 11) is 1.63. The number of aryl methyl sites for hydroxylation is 1. The molecule has 108 valence electrons. The molecule has 0 unspecified atom stereocenters. The number of rotatable bonds is 4. The molecule has 0 fully saturated rings. The lowest BCUT2D eigenvalue weighted by molar-refractivity contribution is -0.112. The van der Waals surface area contributed by atoms with E-state index < -0.39 is 0 Å². The molecule has 3 heteroatoms. The number of nitrogens with one attached hydrogen (secondary N) is 1. The molecule has 1 N–H and O–H groups in total. The van der Waals surface area contributed by atoms with Gasteiger partial charge in [-0.25, -0.2) is 0 Å². The van der Waals surface area contributed by atoms with Gasteiger partial charge in [0.15, 0.2) is 0 Å². The molecule has 0 aliphatic heterocycles. The first-order valence-corrected chi connectivity index (χ1v) is 6.79. The Hall–Kier alpha value is -2.55. The topological polar surface area (TPSA) is 38.3 Å². The van der Waals surface area contributed by atoms with E-state index in [2.05, 4.69) is 5.32 Å². The van der Waals surface area contributed by atoms with Gasteiger partial charge in [0.1, 0.15) is 5.75 Å².